The summed E-state index contributed by atoms with van der Waals surface area (Å²) in [4.78, 5) is 12.1. The van der Waals surface area contributed by atoms with E-state index in [1.165, 1.54) is 0 Å². The number of methoxy groups -OCH3 is 1. The van der Waals surface area contributed by atoms with E-state index in [9.17, 15) is 4.79 Å². The van der Waals surface area contributed by atoms with E-state index in [2.05, 4.69) is 26.6 Å². The van der Waals surface area contributed by atoms with Gasteiger partial charge in [0.1, 0.15) is 5.75 Å². The normalized spacial score (nSPS) is 9.95. The second-order valence-electron chi connectivity index (χ2n) is 4.27. The minimum Gasteiger partial charge on any atom is -0.497 e. The number of nitrogens with one attached hydrogen (secondary N) is 2. The van der Waals surface area contributed by atoms with Gasteiger partial charge in [-0.25, -0.2) is 0 Å². The molecular weight excluding hydrogens is 388 g/mol. The molecule has 0 spiro atoms. The fraction of sp³-hybridized carbons (Fsp3) is 0.0667. The number of carbonyl (C=O) groups excluding carboxylic acids is 1. The van der Waals surface area contributed by atoms with Gasteiger partial charge in [-0.2, -0.15) is 0 Å². The van der Waals surface area contributed by atoms with Gasteiger partial charge in [0.15, 0.2) is 5.11 Å². The molecule has 0 heterocycles. The van der Waals surface area contributed by atoms with Crippen LogP contribution in [0.2, 0.25) is 5.02 Å². The van der Waals surface area contributed by atoms with Gasteiger partial charge in [0.2, 0.25) is 0 Å². The molecule has 7 heteroatoms. The van der Waals surface area contributed by atoms with Gasteiger partial charge in [0.05, 0.1) is 12.1 Å². The Morgan fingerprint density at radius 2 is 1.91 bits per heavy atom. The highest BCUT2D eigenvalue weighted by atomic mass is 79.9. The van der Waals surface area contributed by atoms with Crippen LogP contribution in [0.4, 0.5) is 5.69 Å². The quantitative estimate of drug-likeness (QED) is 0.758. The van der Waals surface area contributed by atoms with Crippen LogP contribution in [0.15, 0.2) is 46.9 Å². The molecule has 114 valence electrons. The van der Waals surface area contributed by atoms with Crippen molar-refractivity contribution in [3.8, 4) is 5.75 Å². The minimum atomic E-state index is -0.302. The van der Waals surface area contributed by atoms with Crippen molar-refractivity contribution in [3.05, 3.63) is 57.5 Å². The van der Waals surface area contributed by atoms with Crippen LogP contribution in [0.25, 0.3) is 0 Å². The lowest BCUT2D eigenvalue weighted by Gasteiger charge is -2.10. The average molecular weight is 400 g/mol. The Morgan fingerprint density at radius 3 is 2.50 bits per heavy atom. The summed E-state index contributed by atoms with van der Waals surface area (Å²) in [6.07, 6.45) is 0. The molecule has 0 aliphatic carbocycles. The van der Waals surface area contributed by atoms with Crippen LogP contribution in [-0.2, 0) is 0 Å². The number of rotatable bonds is 3. The van der Waals surface area contributed by atoms with Crippen LogP contribution in [0.1, 0.15) is 10.4 Å². The molecule has 2 aromatic carbocycles. The van der Waals surface area contributed by atoms with Gasteiger partial charge in [0, 0.05) is 15.7 Å². The fourth-order valence-corrected chi connectivity index (χ4v) is 2.29. The molecule has 0 radical (unpaired) electrons. The van der Waals surface area contributed by atoms with Gasteiger partial charge in [0.25, 0.3) is 5.91 Å². The lowest BCUT2D eigenvalue weighted by Crippen LogP contribution is -2.34. The number of anilines is 1. The molecular formula is C15H12BrClN2O2S. The molecule has 0 aromatic heterocycles. The summed E-state index contributed by atoms with van der Waals surface area (Å²) in [5.41, 5.74) is 1.17. The minimum absolute atomic E-state index is 0.194. The highest BCUT2D eigenvalue weighted by molar-refractivity contribution is 9.10. The number of benzene rings is 2. The van der Waals surface area contributed by atoms with Crippen LogP contribution >= 0.6 is 39.7 Å². The first kappa shape index (κ1) is 16.7. The third-order valence-corrected chi connectivity index (χ3v) is 4.19. The molecule has 2 N–H and O–H groups in total. The van der Waals surface area contributed by atoms with E-state index in [4.69, 9.17) is 28.6 Å². The second-order valence-corrected chi connectivity index (χ2v) is 5.94. The smallest absolute Gasteiger partial charge is 0.257 e. The topological polar surface area (TPSA) is 50.4 Å². The van der Waals surface area contributed by atoms with Crippen molar-refractivity contribution in [2.45, 2.75) is 0 Å². The Balaban J connectivity index is 1.98. The standard InChI is InChI=1S/C15H12BrClN2O2S/c1-21-11-5-2-9(3-6-11)14(20)19-15(22)18-10-4-7-12(16)13(17)8-10/h2-8H,1H3,(H2,18,19,20,22). The van der Waals surface area contributed by atoms with E-state index in [-0.39, 0.29) is 11.0 Å². The van der Waals surface area contributed by atoms with E-state index >= 15 is 0 Å². The predicted octanol–water partition coefficient (Wildman–Crippen LogP) is 4.24. The van der Waals surface area contributed by atoms with Gasteiger partial charge < -0.3 is 10.1 Å². The van der Waals surface area contributed by atoms with Gasteiger partial charge in [-0.1, -0.05) is 11.6 Å². The zero-order valence-corrected chi connectivity index (χ0v) is 14.7. The lowest BCUT2D eigenvalue weighted by molar-refractivity contribution is 0.0977. The Morgan fingerprint density at radius 1 is 1.23 bits per heavy atom. The molecule has 1 amide bonds. The summed E-state index contributed by atoms with van der Waals surface area (Å²) in [6.45, 7) is 0. The van der Waals surface area contributed by atoms with Crippen LogP contribution < -0.4 is 15.4 Å². The summed E-state index contributed by atoms with van der Waals surface area (Å²) in [6, 6.07) is 12.0. The van der Waals surface area contributed by atoms with Gasteiger partial charge in [-0.3, -0.25) is 10.1 Å². The molecule has 2 aromatic rings. The number of amides is 1. The van der Waals surface area contributed by atoms with E-state index in [1.54, 1.807) is 49.6 Å². The highest BCUT2D eigenvalue weighted by Crippen LogP contribution is 2.25. The van der Waals surface area contributed by atoms with E-state index in [1.807, 2.05) is 0 Å². The van der Waals surface area contributed by atoms with E-state index < -0.39 is 0 Å². The molecule has 2 rings (SSSR count). The van der Waals surface area contributed by atoms with Crippen LogP contribution in [0.3, 0.4) is 0 Å². The summed E-state index contributed by atoms with van der Waals surface area (Å²) in [5.74, 6) is 0.380. The summed E-state index contributed by atoms with van der Waals surface area (Å²) >= 11 is 14.4. The first-order valence-electron chi connectivity index (χ1n) is 6.21. The van der Waals surface area contributed by atoms with Gasteiger partial charge >= 0.3 is 0 Å². The van der Waals surface area contributed by atoms with Crippen LogP contribution in [0.5, 0.6) is 5.75 Å². The van der Waals surface area contributed by atoms with Gasteiger partial charge in [-0.05, 0) is 70.6 Å². The maximum atomic E-state index is 12.1. The Hall–Kier alpha value is -1.63. The zero-order valence-electron chi connectivity index (χ0n) is 11.5. The molecule has 0 aliphatic rings. The molecule has 0 aliphatic heterocycles. The summed E-state index contributed by atoms with van der Waals surface area (Å²) in [5, 5.41) is 6.25. The zero-order chi connectivity index (χ0) is 16.1. The number of thiocarbonyl (C=S) groups is 1. The van der Waals surface area contributed by atoms with Crippen molar-refractivity contribution in [2.75, 3.05) is 12.4 Å². The van der Waals surface area contributed by atoms with Crippen molar-refractivity contribution < 1.29 is 9.53 Å². The predicted molar refractivity (Wildman–Crippen MR) is 95.8 cm³/mol. The summed E-state index contributed by atoms with van der Waals surface area (Å²) in [7, 11) is 1.57. The number of hydrogen-bond donors (Lipinski definition) is 2. The number of ether oxygens (including phenoxy) is 1. The molecule has 22 heavy (non-hydrogen) atoms. The van der Waals surface area contributed by atoms with Crippen LogP contribution in [-0.4, -0.2) is 18.1 Å². The largest absolute Gasteiger partial charge is 0.497 e. The molecule has 0 fully saturated rings. The lowest BCUT2D eigenvalue weighted by atomic mass is 10.2. The van der Waals surface area contributed by atoms with Crippen molar-refractivity contribution >= 4 is 56.5 Å². The van der Waals surface area contributed by atoms with Crippen molar-refractivity contribution in [1.82, 2.24) is 5.32 Å². The molecule has 4 nitrogen and oxygen atoms in total. The Bertz CT molecular complexity index is 707. The van der Waals surface area contributed by atoms with E-state index in [0.29, 0.717) is 22.0 Å². The average Bonchev–Trinajstić information content (AvgIpc) is 2.51. The monoisotopic (exact) mass is 398 g/mol. The maximum absolute atomic E-state index is 12.1. The first-order valence-corrected chi connectivity index (χ1v) is 7.79. The Labute approximate surface area is 146 Å². The third kappa shape index (κ3) is 4.43. The van der Waals surface area contributed by atoms with E-state index in [0.717, 1.165) is 4.47 Å². The second kappa shape index (κ2) is 7.58. The number of halogens is 2. The fourth-order valence-electron chi connectivity index (χ4n) is 1.65. The summed E-state index contributed by atoms with van der Waals surface area (Å²) < 4.78 is 5.83. The molecule has 0 atom stereocenters. The number of carbonyl (C=O) groups is 1. The molecule has 0 saturated carbocycles. The first-order chi connectivity index (χ1) is 10.5. The third-order valence-electron chi connectivity index (χ3n) is 2.76. The maximum Gasteiger partial charge on any atom is 0.257 e. The van der Waals surface area contributed by atoms with Crippen molar-refractivity contribution in [2.24, 2.45) is 0 Å². The number of hydrogen-bond acceptors (Lipinski definition) is 3. The van der Waals surface area contributed by atoms with Crippen molar-refractivity contribution in [3.63, 3.8) is 0 Å². The highest BCUT2D eigenvalue weighted by Gasteiger charge is 2.08. The Kier molecular flexibility index (Phi) is 5.76. The van der Waals surface area contributed by atoms with Crippen molar-refractivity contribution in [1.29, 1.82) is 0 Å². The SMILES string of the molecule is COc1ccc(C(=O)NC(=S)Nc2ccc(Br)c(Cl)c2)cc1. The molecule has 0 unspecified atom stereocenters. The van der Waals surface area contributed by atoms with Crippen LogP contribution in [0, 0.1) is 0 Å². The molecule has 0 bridgehead atoms. The molecule has 0 saturated heterocycles. The van der Waals surface area contributed by atoms with Gasteiger partial charge in [-0.15, -0.1) is 0 Å².